The molecule has 0 aliphatic carbocycles. The largest absolute Gasteiger partial charge is 0.505 e. The predicted molar refractivity (Wildman–Crippen MR) is 98.2 cm³/mol. The van der Waals surface area contributed by atoms with Crippen molar-refractivity contribution in [3.8, 4) is 5.75 Å². The molecule has 6 heteroatoms. The Hall–Kier alpha value is -1.43. The van der Waals surface area contributed by atoms with E-state index in [0.717, 1.165) is 15.7 Å². The van der Waals surface area contributed by atoms with Gasteiger partial charge in [-0.2, -0.15) is 0 Å². The van der Waals surface area contributed by atoms with Crippen LogP contribution in [0.15, 0.2) is 50.8 Å². The lowest BCUT2D eigenvalue weighted by Gasteiger charge is -1.98. The van der Waals surface area contributed by atoms with E-state index >= 15 is 0 Å². The molecule has 0 amide bonds. The van der Waals surface area contributed by atoms with Crippen molar-refractivity contribution in [2.75, 3.05) is 6.26 Å². The summed E-state index contributed by atoms with van der Waals surface area (Å²) in [6.07, 6.45) is 3.64. The molecule has 112 valence electrons. The minimum Gasteiger partial charge on any atom is -0.505 e. The Balaban J connectivity index is 1.98. The van der Waals surface area contributed by atoms with E-state index in [-0.39, 0.29) is 5.75 Å². The van der Waals surface area contributed by atoms with E-state index < -0.39 is 0 Å². The summed E-state index contributed by atoms with van der Waals surface area (Å²) in [5.41, 5.74) is 2.12. The highest BCUT2D eigenvalue weighted by Gasteiger charge is 2.13. The number of thioether (sulfide) groups is 1. The molecule has 22 heavy (non-hydrogen) atoms. The number of hydrogen-bond acceptors (Lipinski definition) is 3. The molecule has 0 aliphatic rings. The third kappa shape index (κ3) is 2.89. The van der Waals surface area contributed by atoms with Gasteiger partial charge in [0, 0.05) is 9.37 Å². The van der Waals surface area contributed by atoms with Crippen molar-refractivity contribution in [2.45, 2.75) is 4.90 Å². The number of H-pyrrole nitrogens is 1. The molecule has 0 radical (unpaired) electrons. The average Bonchev–Trinajstić information content (AvgIpc) is 2.86. The van der Waals surface area contributed by atoms with Crippen LogP contribution in [-0.2, 0) is 0 Å². The van der Waals surface area contributed by atoms with Gasteiger partial charge in [-0.3, -0.25) is 4.99 Å². The smallest absolute Gasteiger partial charge is 0.151 e. The maximum atomic E-state index is 10.3. The molecule has 3 aromatic rings. The number of halogens is 2. The Morgan fingerprint density at radius 1 is 1.23 bits per heavy atom. The molecule has 2 aromatic carbocycles. The Labute approximate surface area is 145 Å². The minimum atomic E-state index is 0.103. The van der Waals surface area contributed by atoms with Crippen LogP contribution in [0.2, 0.25) is 5.02 Å². The predicted octanol–water partition coefficient (Wildman–Crippen LogP) is 5.76. The van der Waals surface area contributed by atoms with Crippen molar-refractivity contribution in [3.63, 3.8) is 0 Å². The molecular weight excluding hydrogens is 384 g/mol. The van der Waals surface area contributed by atoms with Crippen LogP contribution < -0.4 is 0 Å². The van der Waals surface area contributed by atoms with Gasteiger partial charge in [0.15, 0.2) is 5.75 Å². The summed E-state index contributed by atoms with van der Waals surface area (Å²) >= 11 is 11.3. The molecule has 0 fully saturated rings. The highest BCUT2D eigenvalue weighted by molar-refractivity contribution is 9.10. The third-order valence-electron chi connectivity index (χ3n) is 3.27. The number of nitrogens with zero attached hydrogens (tertiary/aromatic N) is 1. The molecule has 0 saturated heterocycles. The number of nitrogens with one attached hydrogen (secondary N) is 1. The van der Waals surface area contributed by atoms with E-state index in [2.05, 4.69) is 25.9 Å². The van der Waals surface area contributed by atoms with E-state index in [1.807, 2.05) is 42.7 Å². The molecular formula is C16H12BrClN2OS. The minimum absolute atomic E-state index is 0.103. The summed E-state index contributed by atoms with van der Waals surface area (Å²) in [5.74, 6) is 0.103. The second-order valence-corrected chi connectivity index (χ2v) is 6.74. The van der Waals surface area contributed by atoms with Crippen molar-refractivity contribution in [2.24, 2.45) is 4.99 Å². The Kier molecular flexibility index (Phi) is 4.47. The summed E-state index contributed by atoms with van der Waals surface area (Å²) < 4.78 is 0.743. The van der Waals surface area contributed by atoms with Crippen LogP contribution in [0.1, 0.15) is 5.69 Å². The molecule has 0 spiro atoms. The van der Waals surface area contributed by atoms with Crippen LogP contribution in [-0.4, -0.2) is 22.6 Å². The van der Waals surface area contributed by atoms with Crippen LogP contribution in [0.5, 0.6) is 5.75 Å². The van der Waals surface area contributed by atoms with Crippen LogP contribution in [0.4, 0.5) is 5.69 Å². The van der Waals surface area contributed by atoms with Gasteiger partial charge < -0.3 is 10.1 Å². The monoisotopic (exact) mass is 394 g/mol. The molecule has 2 N–H and O–H groups in total. The van der Waals surface area contributed by atoms with Gasteiger partial charge in [-0.05, 0) is 58.6 Å². The first-order valence-corrected chi connectivity index (χ1v) is 8.86. The van der Waals surface area contributed by atoms with E-state index in [9.17, 15) is 5.11 Å². The van der Waals surface area contributed by atoms with Gasteiger partial charge in [-0.25, -0.2) is 0 Å². The third-order valence-corrected chi connectivity index (χ3v) is 5.30. The van der Waals surface area contributed by atoms with E-state index in [4.69, 9.17) is 11.6 Å². The fourth-order valence-corrected chi connectivity index (χ4v) is 3.12. The van der Waals surface area contributed by atoms with Gasteiger partial charge in [0.05, 0.1) is 27.8 Å². The normalized spacial score (nSPS) is 11.6. The Bertz CT molecular complexity index is 859. The Morgan fingerprint density at radius 2 is 1.95 bits per heavy atom. The lowest BCUT2D eigenvalue weighted by Crippen LogP contribution is -1.80. The highest BCUT2D eigenvalue weighted by Crippen LogP contribution is 2.38. The highest BCUT2D eigenvalue weighted by atomic mass is 79.9. The summed E-state index contributed by atoms with van der Waals surface area (Å²) in [5, 5.41) is 11.4. The topological polar surface area (TPSA) is 48.4 Å². The zero-order chi connectivity index (χ0) is 15.7. The zero-order valence-electron chi connectivity index (χ0n) is 11.6. The number of hydrogen-bond donors (Lipinski definition) is 2. The van der Waals surface area contributed by atoms with Crippen molar-refractivity contribution in [3.05, 3.63) is 51.6 Å². The summed E-state index contributed by atoms with van der Waals surface area (Å²) in [6, 6.07) is 11.6. The first kappa shape index (κ1) is 15.5. The molecule has 0 bridgehead atoms. The summed E-state index contributed by atoms with van der Waals surface area (Å²) in [7, 11) is 0. The van der Waals surface area contributed by atoms with E-state index in [1.165, 1.54) is 4.90 Å². The summed E-state index contributed by atoms with van der Waals surface area (Å²) in [4.78, 5) is 8.68. The number of rotatable bonds is 3. The van der Waals surface area contributed by atoms with Gasteiger partial charge in [0.25, 0.3) is 0 Å². The summed E-state index contributed by atoms with van der Waals surface area (Å²) in [6.45, 7) is 0. The van der Waals surface area contributed by atoms with Crippen molar-refractivity contribution in [1.82, 2.24) is 4.98 Å². The molecule has 0 saturated carbocycles. The number of aliphatic imine (C=N–C) groups is 1. The van der Waals surface area contributed by atoms with Crippen LogP contribution in [0.25, 0.3) is 10.9 Å². The van der Waals surface area contributed by atoms with Crippen molar-refractivity contribution >= 4 is 62.1 Å². The molecule has 3 rings (SSSR count). The lowest BCUT2D eigenvalue weighted by molar-refractivity contribution is 0.480. The first-order chi connectivity index (χ1) is 10.6. The quantitative estimate of drug-likeness (QED) is 0.437. The van der Waals surface area contributed by atoms with Gasteiger partial charge in [-0.1, -0.05) is 11.6 Å². The van der Waals surface area contributed by atoms with Crippen LogP contribution in [0, 0.1) is 0 Å². The fraction of sp³-hybridized carbons (Fsp3) is 0.0625. The first-order valence-electron chi connectivity index (χ1n) is 6.47. The maximum Gasteiger partial charge on any atom is 0.151 e. The van der Waals surface area contributed by atoms with Gasteiger partial charge in [0.1, 0.15) is 5.69 Å². The number of aromatic hydroxyl groups is 1. The maximum absolute atomic E-state index is 10.3. The second-order valence-electron chi connectivity index (χ2n) is 4.63. The van der Waals surface area contributed by atoms with Gasteiger partial charge in [-0.15, -0.1) is 11.8 Å². The van der Waals surface area contributed by atoms with Crippen molar-refractivity contribution in [1.29, 1.82) is 0 Å². The number of benzene rings is 2. The van der Waals surface area contributed by atoms with Gasteiger partial charge in [0.2, 0.25) is 0 Å². The fourth-order valence-electron chi connectivity index (χ4n) is 2.13. The average molecular weight is 396 g/mol. The Morgan fingerprint density at radius 3 is 2.64 bits per heavy atom. The van der Waals surface area contributed by atoms with Crippen LogP contribution >= 0.6 is 39.3 Å². The number of aromatic nitrogens is 1. The molecule has 3 nitrogen and oxygen atoms in total. The van der Waals surface area contributed by atoms with Crippen LogP contribution in [0.3, 0.4) is 0 Å². The molecule has 0 unspecified atom stereocenters. The second kappa shape index (κ2) is 6.36. The van der Waals surface area contributed by atoms with E-state index in [0.29, 0.717) is 16.1 Å². The number of aromatic amines is 1. The lowest BCUT2D eigenvalue weighted by atomic mass is 10.2. The molecule has 0 aliphatic heterocycles. The number of fused-ring (bicyclic) bond motifs is 1. The van der Waals surface area contributed by atoms with E-state index in [1.54, 1.807) is 18.0 Å². The standard InChI is InChI=1S/C16H12BrClN2OS/c1-22-10-4-2-9(3-5-10)19-8-13-16(21)14-12(20-13)7-6-11(17)15(14)18/h2-8,20-21H,1H3. The SMILES string of the molecule is CSc1ccc(N=Cc2[nH]c3ccc(Br)c(Cl)c3c2O)cc1. The molecule has 1 heterocycles. The molecule has 0 atom stereocenters. The zero-order valence-corrected chi connectivity index (χ0v) is 14.8. The van der Waals surface area contributed by atoms with Gasteiger partial charge >= 0.3 is 0 Å². The molecule has 1 aromatic heterocycles. The van der Waals surface area contributed by atoms with Crippen molar-refractivity contribution < 1.29 is 5.11 Å².